The van der Waals surface area contributed by atoms with Gasteiger partial charge in [0, 0.05) is 44.3 Å². The molecule has 1 amide bonds. The van der Waals surface area contributed by atoms with Gasteiger partial charge in [0.1, 0.15) is 0 Å². The first-order valence-corrected chi connectivity index (χ1v) is 7.29. The molecule has 0 atom stereocenters. The number of aromatic amines is 1. The van der Waals surface area contributed by atoms with Gasteiger partial charge in [-0.2, -0.15) is 0 Å². The number of H-pyrrole nitrogens is 1. The highest BCUT2D eigenvalue weighted by atomic mass is 16.2. The summed E-state index contributed by atoms with van der Waals surface area (Å²) in [6.45, 7) is 7.12. The standard InChI is InChI=1S/C16H23N3O/c1-3-19(4-2)16(20)8-9-17-12-13-5-6-14-7-10-18-15(14)11-13/h5-7,10-11,17-18H,3-4,8-9,12H2,1-2H3. The highest BCUT2D eigenvalue weighted by molar-refractivity contribution is 5.79. The van der Waals surface area contributed by atoms with E-state index in [4.69, 9.17) is 0 Å². The topological polar surface area (TPSA) is 48.1 Å². The van der Waals surface area contributed by atoms with E-state index in [1.54, 1.807) is 0 Å². The number of nitrogens with zero attached hydrogens (tertiary/aromatic N) is 1. The van der Waals surface area contributed by atoms with Crippen LogP contribution >= 0.6 is 0 Å². The Kier molecular flexibility index (Phi) is 5.18. The van der Waals surface area contributed by atoms with Crippen LogP contribution in [0.25, 0.3) is 10.9 Å². The van der Waals surface area contributed by atoms with E-state index in [0.29, 0.717) is 6.42 Å². The lowest BCUT2D eigenvalue weighted by atomic mass is 10.1. The van der Waals surface area contributed by atoms with Crippen LogP contribution in [0.4, 0.5) is 0 Å². The summed E-state index contributed by atoms with van der Waals surface area (Å²) in [6.07, 6.45) is 2.51. The molecule has 0 radical (unpaired) electrons. The normalized spacial score (nSPS) is 10.9. The van der Waals surface area contributed by atoms with Crippen molar-refractivity contribution in [1.82, 2.24) is 15.2 Å². The van der Waals surface area contributed by atoms with Crippen molar-refractivity contribution in [2.24, 2.45) is 0 Å². The summed E-state index contributed by atoms with van der Waals surface area (Å²) in [4.78, 5) is 16.9. The van der Waals surface area contributed by atoms with Gasteiger partial charge in [0.2, 0.25) is 5.91 Å². The fraction of sp³-hybridized carbons (Fsp3) is 0.438. The summed E-state index contributed by atoms with van der Waals surface area (Å²) in [5.41, 5.74) is 2.39. The quantitative estimate of drug-likeness (QED) is 0.762. The van der Waals surface area contributed by atoms with E-state index < -0.39 is 0 Å². The van der Waals surface area contributed by atoms with E-state index in [0.717, 1.165) is 31.7 Å². The average Bonchev–Trinajstić information content (AvgIpc) is 2.92. The Hall–Kier alpha value is -1.81. The van der Waals surface area contributed by atoms with Gasteiger partial charge in [-0.3, -0.25) is 4.79 Å². The fourth-order valence-corrected chi connectivity index (χ4v) is 2.37. The molecule has 0 aliphatic heterocycles. The predicted octanol–water partition coefficient (Wildman–Crippen LogP) is 2.52. The third-order valence-electron chi connectivity index (χ3n) is 3.58. The van der Waals surface area contributed by atoms with Crippen molar-refractivity contribution >= 4 is 16.8 Å². The Balaban J connectivity index is 1.76. The van der Waals surface area contributed by atoms with Crippen molar-refractivity contribution < 1.29 is 4.79 Å². The van der Waals surface area contributed by atoms with Gasteiger partial charge in [0.25, 0.3) is 0 Å². The number of nitrogens with one attached hydrogen (secondary N) is 2. The molecule has 0 aliphatic rings. The maximum absolute atomic E-state index is 11.8. The maximum Gasteiger partial charge on any atom is 0.223 e. The minimum absolute atomic E-state index is 0.224. The molecule has 2 aromatic rings. The van der Waals surface area contributed by atoms with E-state index in [-0.39, 0.29) is 5.91 Å². The third kappa shape index (κ3) is 3.61. The second-order valence-electron chi connectivity index (χ2n) is 4.89. The number of carbonyl (C=O) groups is 1. The van der Waals surface area contributed by atoms with Crippen molar-refractivity contribution in [3.63, 3.8) is 0 Å². The molecular weight excluding hydrogens is 250 g/mol. The molecule has 0 fully saturated rings. The maximum atomic E-state index is 11.8. The molecule has 108 valence electrons. The van der Waals surface area contributed by atoms with E-state index in [9.17, 15) is 4.79 Å². The zero-order valence-corrected chi connectivity index (χ0v) is 12.3. The zero-order chi connectivity index (χ0) is 14.4. The van der Waals surface area contributed by atoms with Crippen LogP contribution < -0.4 is 5.32 Å². The summed E-state index contributed by atoms with van der Waals surface area (Å²) < 4.78 is 0. The predicted molar refractivity (Wildman–Crippen MR) is 82.6 cm³/mol. The molecule has 0 spiro atoms. The number of aromatic nitrogens is 1. The largest absolute Gasteiger partial charge is 0.361 e. The Morgan fingerprint density at radius 1 is 1.25 bits per heavy atom. The highest BCUT2D eigenvalue weighted by Crippen LogP contribution is 2.13. The van der Waals surface area contributed by atoms with Crippen LogP contribution in [0.15, 0.2) is 30.5 Å². The summed E-state index contributed by atoms with van der Waals surface area (Å²) in [7, 11) is 0. The first-order valence-electron chi connectivity index (χ1n) is 7.29. The van der Waals surface area contributed by atoms with Gasteiger partial charge in [-0.05, 0) is 36.9 Å². The Bertz CT molecular complexity index is 558. The van der Waals surface area contributed by atoms with Crippen molar-refractivity contribution in [3.8, 4) is 0 Å². The molecular formula is C16H23N3O. The smallest absolute Gasteiger partial charge is 0.223 e. The van der Waals surface area contributed by atoms with E-state index in [1.165, 1.54) is 10.9 Å². The average molecular weight is 273 g/mol. The minimum Gasteiger partial charge on any atom is -0.361 e. The van der Waals surface area contributed by atoms with Crippen LogP contribution in [0.5, 0.6) is 0 Å². The molecule has 2 N–H and O–H groups in total. The number of rotatable bonds is 7. The van der Waals surface area contributed by atoms with Gasteiger partial charge in [-0.1, -0.05) is 12.1 Å². The molecule has 1 heterocycles. The number of amides is 1. The van der Waals surface area contributed by atoms with Gasteiger partial charge >= 0.3 is 0 Å². The van der Waals surface area contributed by atoms with Crippen LogP contribution in [0.1, 0.15) is 25.8 Å². The SMILES string of the molecule is CCN(CC)C(=O)CCNCc1ccc2cc[nH]c2c1. The molecule has 0 unspecified atom stereocenters. The van der Waals surface area contributed by atoms with E-state index in [2.05, 4.69) is 34.6 Å². The molecule has 4 nitrogen and oxygen atoms in total. The molecule has 1 aromatic carbocycles. The fourth-order valence-electron chi connectivity index (χ4n) is 2.37. The van der Waals surface area contributed by atoms with Gasteiger partial charge in [-0.15, -0.1) is 0 Å². The van der Waals surface area contributed by atoms with Crippen molar-refractivity contribution in [2.75, 3.05) is 19.6 Å². The zero-order valence-electron chi connectivity index (χ0n) is 12.3. The number of carbonyl (C=O) groups excluding carboxylic acids is 1. The van der Waals surface area contributed by atoms with Gasteiger partial charge in [0.05, 0.1) is 0 Å². The molecule has 4 heteroatoms. The molecule has 0 saturated carbocycles. The second-order valence-corrected chi connectivity index (χ2v) is 4.89. The van der Waals surface area contributed by atoms with Crippen LogP contribution in [-0.4, -0.2) is 35.4 Å². The van der Waals surface area contributed by atoms with Crippen molar-refractivity contribution in [2.45, 2.75) is 26.8 Å². The Morgan fingerprint density at radius 2 is 2.05 bits per heavy atom. The molecule has 0 bridgehead atoms. The van der Waals surface area contributed by atoms with E-state index in [1.807, 2.05) is 24.9 Å². The molecule has 20 heavy (non-hydrogen) atoms. The monoisotopic (exact) mass is 273 g/mol. The first kappa shape index (κ1) is 14.6. The Labute approximate surface area is 120 Å². The van der Waals surface area contributed by atoms with Crippen molar-refractivity contribution in [3.05, 3.63) is 36.0 Å². The number of benzene rings is 1. The first-order chi connectivity index (χ1) is 9.74. The number of hydrogen-bond acceptors (Lipinski definition) is 2. The van der Waals surface area contributed by atoms with Crippen LogP contribution in [0, 0.1) is 0 Å². The van der Waals surface area contributed by atoms with Crippen molar-refractivity contribution in [1.29, 1.82) is 0 Å². The lowest BCUT2D eigenvalue weighted by molar-refractivity contribution is -0.130. The van der Waals surface area contributed by atoms with Crippen LogP contribution in [-0.2, 0) is 11.3 Å². The lowest BCUT2D eigenvalue weighted by Crippen LogP contribution is -2.32. The third-order valence-corrected chi connectivity index (χ3v) is 3.58. The van der Waals surface area contributed by atoms with Gasteiger partial charge in [0.15, 0.2) is 0 Å². The summed E-state index contributed by atoms with van der Waals surface area (Å²) in [6, 6.07) is 8.45. The van der Waals surface area contributed by atoms with Crippen LogP contribution in [0.2, 0.25) is 0 Å². The molecule has 0 aliphatic carbocycles. The molecule has 2 rings (SSSR count). The summed E-state index contributed by atoms with van der Waals surface area (Å²) in [5, 5.41) is 4.56. The lowest BCUT2D eigenvalue weighted by Gasteiger charge is -2.18. The number of fused-ring (bicyclic) bond motifs is 1. The van der Waals surface area contributed by atoms with Gasteiger partial charge < -0.3 is 15.2 Å². The molecule has 1 aromatic heterocycles. The van der Waals surface area contributed by atoms with Gasteiger partial charge in [-0.25, -0.2) is 0 Å². The minimum atomic E-state index is 0.224. The summed E-state index contributed by atoms with van der Waals surface area (Å²) in [5.74, 6) is 0.224. The van der Waals surface area contributed by atoms with Crippen LogP contribution in [0.3, 0.4) is 0 Å². The second kappa shape index (κ2) is 7.10. The Morgan fingerprint density at radius 3 is 2.80 bits per heavy atom. The molecule has 0 saturated heterocycles. The summed E-state index contributed by atoms with van der Waals surface area (Å²) >= 11 is 0. The van der Waals surface area contributed by atoms with E-state index >= 15 is 0 Å². The highest BCUT2D eigenvalue weighted by Gasteiger charge is 2.08. The number of hydrogen-bond donors (Lipinski definition) is 2.